The molecule has 1 fully saturated rings. The first-order chi connectivity index (χ1) is 13.0. The van der Waals surface area contributed by atoms with E-state index in [4.69, 9.17) is 0 Å². The van der Waals surface area contributed by atoms with Gasteiger partial charge in [-0.25, -0.2) is 0 Å². The van der Waals surface area contributed by atoms with Crippen LogP contribution in [0.2, 0.25) is 0 Å². The van der Waals surface area contributed by atoms with Crippen LogP contribution in [-0.2, 0) is 11.3 Å². The fourth-order valence-corrected chi connectivity index (χ4v) is 3.37. The number of benzene rings is 1. The molecule has 1 heterocycles. The molecule has 1 saturated heterocycles. The van der Waals surface area contributed by atoms with Gasteiger partial charge >= 0.3 is 0 Å². The molecule has 1 aromatic rings. The van der Waals surface area contributed by atoms with E-state index in [0.29, 0.717) is 36.9 Å². The molecular weight excluding hydrogens is 411 g/mol. The quantitative estimate of drug-likeness (QED) is 0.544. The average molecular weight is 447 g/mol. The van der Waals surface area contributed by atoms with E-state index in [0.717, 1.165) is 25.2 Å². The summed E-state index contributed by atoms with van der Waals surface area (Å²) in [5.74, 6) is 1.02. The molecule has 2 atom stereocenters. The maximum Gasteiger partial charge on any atom is 0.251 e. The molecular formula is C21H36Cl2N4O2. The van der Waals surface area contributed by atoms with Crippen molar-refractivity contribution in [2.24, 2.45) is 11.8 Å². The molecule has 3 N–H and O–H groups in total. The van der Waals surface area contributed by atoms with Crippen LogP contribution in [0.1, 0.15) is 42.1 Å². The van der Waals surface area contributed by atoms with E-state index < -0.39 is 0 Å². The lowest BCUT2D eigenvalue weighted by atomic mass is 9.85. The van der Waals surface area contributed by atoms with Crippen molar-refractivity contribution in [2.75, 3.05) is 40.3 Å². The van der Waals surface area contributed by atoms with Crippen molar-refractivity contribution < 1.29 is 9.59 Å². The van der Waals surface area contributed by atoms with Crippen molar-refractivity contribution in [3.8, 4) is 0 Å². The summed E-state index contributed by atoms with van der Waals surface area (Å²) in [6.45, 7) is 6.22. The van der Waals surface area contributed by atoms with Crippen LogP contribution in [0.5, 0.6) is 0 Å². The lowest BCUT2D eigenvalue weighted by Gasteiger charge is -2.28. The van der Waals surface area contributed by atoms with E-state index >= 15 is 0 Å². The number of amides is 2. The Morgan fingerprint density at radius 2 is 1.86 bits per heavy atom. The number of carbonyl (C=O) groups is 2. The molecule has 0 aliphatic carbocycles. The highest BCUT2D eigenvalue weighted by Gasteiger charge is 2.21. The Kier molecular flexibility index (Phi) is 13.9. The molecule has 0 aromatic heterocycles. The molecule has 166 valence electrons. The number of hydrogen-bond acceptors (Lipinski definition) is 4. The van der Waals surface area contributed by atoms with Gasteiger partial charge in [-0.05, 0) is 69.6 Å². The third-order valence-electron chi connectivity index (χ3n) is 5.20. The monoisotopic (exact) mass is 446 g/mol. The third-order valence-corrected chi connectivity index (χ3v) is 5.20. The predicted molar refractivity (Wildman–Crippen MR) is 123 cm³/mol. The number of nitrogens with zero attached hydrogens (tertiary/aromatic N) is 1. The summed E-state index contributed by atoms with van der Waals surface area (Å²) in [4.78, 5) is 26.3. The summed E-state index contributed by atoms with van der Waals surface area (Å²) in [5.41, 5.74) is 1.64. The summed E-state index contributed by atoms with van der Waals surface area (Å²) >= 11 is 0. The van der Waals surface area contributed by atoms with Crippen molar-refractivity contribution in [3.63, 3.8) is 0 Å². The maximum atomic E-state index is 12.2. The zero-order valence-corrected chi connectivity index (χ0v) is 19.3. The molecule has 0 bridgehead atoms. The summed E-state index contributed by atoms with van der Waals surface area (Å²) in [6.07, 6.45) is 2.98. The van der Waals surface area contributed by atoms with Crippen molar-refractivity contribution >= 4 is 36.6 Å². The Bertz CT molecular complexity index is 605. The molecule has 2 amide bonds. The topological polar surface area (TPSA) is 73.5 Å². The van der Waals surface area contributed by atoms with Crippen molar-refractivity contribution in [3.05, 3.63) is 35.4 Å². The van der Waals surface area contributed by atoms with Gasteiger partial charge in [-0.15, -0.1) is 24.8 Å². The Balaban J connectivity index is 0.00000392. The first-order valence-electron chi connectivity index (χ1n) is 9.95. The predicted octanol–water partition coefficient (Wildman–Crippen LogP) is 2.46. The van der Waals surface area contributed by atoms with Crippen molar-refractivity contribution in [1.29, 1.82) is 0 Å². The van der Waals surface area contributed by atoms with Gasteiger partial charge in [0.1, 0.15) is 0 Å². The van der Waals surface area contributed by atoms with Gasteiger partial charge in [0.15, 0.2) is 0 Å². The van der Waals surface area contributed by atoms with Gasteiger partial charge in [-0.3, -0.25) is 9.59 Å². The molecule has 2 rings (SSSR count). The number of likely N-dealkylation sites (N-methyl/N-ethyl adjacent to an activating group) is 1. The zero-order chi connectivity index (χ0) is 19.6. The first kappa shape index (κ1) is 27.7. The van der Waals surface area contributed by atoms with Crippen molar-refractivity contribution in [2.45, 2.75) is 32.7 Å². The minimum absolute atomic E-state index is 0. The summed E-state index contributed by atoms with van der Waals surface area (Å²) in [6, 6.07) is 7.41. The summed E-state index contributed by atoms with van der Waals surface area (Å²) < 4.78 is 0. The van der Waals surface area contributed by atoms with E-state index in [-0.39, 0.29) is 36.6 Å². The van der Waals surface area contributed by atoms with Gasteiger partial charge in [-0.2, -0.15) is 0 Å². The molecule has 1 aromatic carbocycles. The maximum absolute atomic E-state index is 12.2. The number of piperidine rings is 1. The molecule has 29 heavy (non-hydrogen) atoms. The molecule has 6 nitrogen and oxygen atoms in total. The van der Waals surface area contributed by atoms with E-state index in [9.17, 15) is 9.59 Å². The Morgan fingerprint density at radius 3 is 2.45 bits per heavy atom. The Morgan fingerprint density at radius 1 is 1.17 bits per heavy atom. The van der Waals surface area contributed by atoms with Gasteiger partial charge in [0.2, 0.25) is 5.91 Å². The molecule has 0 radical (unpaired) electrons. The first-order valence-corrected chi connectivity index (χ1v) is 9.95. The van der Waals surface area contributed by atoms with Crippen LogP contribution in [0.15, 0.2) is 24.3 Å². The minimum atomic E-state index is -0.0673. The van der Waals surface area contributed by atoms with E-state index in [2.05, 4.69) is 22.9 Å². The van der Waals surface area contributed by atoms with Crippen LogP contribution >= 0.6 is 24.8 Å². The molecule has 1 aliphatic rings. The molecule has 1 aliphatic heterocycles. The second-order valence-corrected chi connectivity index (χ2v) is 7.82. The van der Waals surface area contributed by atoms with Gasteiger partial charge < -0.3 is 20.9 Å². The summed E-state index contributed by atoms with van der Waals surface area (Å²) in [5, 5.41) is 9.31. The van der Waals surface area contributed by atoms with Gasteiger partial charge in [0.25, 0.3) is 5.91 Å². The fourth-order valence-electron chi connectivity index (χ4n) is 3.37. The highest BCUT2D eigenvalue weighted by atomic mass is 35.5. The van der Waals surface area contributed by atoms with Gasteiger partial charge in [0, 0.05) is 31.6 Å². The van der Waals surface area contributed by atoms with Crippen molar-refractivity contribution in [1.82, 2.24) is 20.9 Å². The second kappa shape index (κ2) is 14.6. The standard InChI is InChI=1S/C21H34N4O2.2ClH/c1-16(19-5-4-10-22-15-19)13-20(26)24-14-17-6-8-18(9-7-17)21(27)23-11-12-25(2)3;;/h6-9,16,19,22H,4-5,10-15H2,1-3H3,(H,23,27)(H,24,26);2*1H. The van der Waals surface area contributed by atoms with Crippen LogP contribution < -0.4 is 16.0 Å². The number of nitrogens with one attached hydrogen (secondary N) is 3. The number of carbonyl (C=O) groups excluding carboxylic acids is 2. The fraction of sp³-hybridized carbons (Fsp3) is 0.619. The Hall–Kier alpha value is -1.34. The van der Waals surface area contributed by atoms with E-state index in [1.807, 2.05) is 43.3 Å². The largest absolute Gasteiger partial charge is 0.352 e. The lowest BCUT2D eigenvalue weighted by Crippen LogP contribution is -2.35. The summed E-state index contributed by atoms with van der Waals surface area (Å²) in [7, 11) is 3.95. The lowest BCUT2D eigenvalue weighted by molar-refractivity contribution is -0.122. The number of rotatable bonds is 9. The second-order valence-electron chi connectivity index (χ2n) is 7.82. The molecule has 0 saturated carbocycles. The van der Waals surface area contributed by atoms with Crippen LogP contribution in [0, 0.1) is 11.8 Å². The zero-order valence-electron chi connectivity index (χ0n) is 17.7. The van der Waals surface area contributed by atoms with Gasteiger partial charge in [0.05, 0.1) is 0 Å². The van der Waals surface area contributed by atoms with Crippen LogP contribution in [-0.4, -0.2) is 57.0 Å². The normalized spacial score (nSPS) is 16.9. The highest BCUT2D eigenvalue weighted by molar-refractivity contribution is 5.94. The number of hydrogen-bond donors (Lipinski definition) is 3. The van der Waals surface area contributed by atoms with Gasteiger partial charge in [-0.1, -0.05) is 19.1 Å². The smallest absolute Gasteiger partial charge is 0.251 e. The third kappa shape index (κ3) is 10.3. The van der Waals surface area contributed by atoms with Crippen LogP contribution in [0.3, 0.4) is 0 Å². The van der Waals surface area contributed by atoms with E-state index in [1.54, 1.807) is 0 Å². The molecule has 2 unspecified atom stereocenters. The molecule has 8 heteroatoms. The van der Waals surface area contributed by atoms with Crippen LogP contribution in [0.4, 0.5) is 0 Å². The Labute approximate surface area is 187 Å². The molecule has 0 spiro atoms. The SMILES string of the molecule is CC(CC(=O)NCc1ccc(C(=O)NCCN(C)C)cc1)C1CCCNC1.Cl.Cl. The number of halogens is 2. The average Bonchev–Trinajstić information content (AvgIpc) is 2.67. The minimum Gasteiger partial charge on any atom is -0.352 e. The van der Waals surface area contributed by atoms with Crippen LogP contribution in [0.25, 0.3) is 0 Å². The van der Waals surface area contributed by atoms with E-state index in [1.165, 1.54) is 12.8 Å². The highest BCUT2D eigenvalue weighted by Crippen LogP contribution is 2.22.